The lowest BCUT2D eigenvalue weighted by Crippen LogP contribution is -2.10. The van der Waals surface area contributed by atoms with Crippen molar-refractivity contribution in [2.75, 3.05) is 4.90 Å². The van der Waals surface area contributed by atoms with Gasteiger partial charge in [0, 0.05) is 33.2 Å². The van der Waals surface area contributed by atoms with Gasteiger partial charge in [0.15, 0.2) is 0 Å². The van der Waals surface area contributed by atoms with Crippen LogP contribution in [0.3, 0.4) is 0 Å². The molecule has 2 heteroatoms. The molecule has 1 aromatic heterocycles. The average molecular weight is 740 g/mol. The molecule has 0 amide bonds. The van der Waals surface area contributed by atoms with Crippen LogP contribution >= 0.6 is 0 Å². The van der Waals surface area contributed by atoms with Crippen molar-refractivity contribution in [3.63, 3.8) is 0 Å². The zero-order valence-electron chi connectivity index (χ0n) is 31.7. The van der Waals surface area contributed by atoms with Crippen molar-refractivity contribution in [1.29, 1.82) is 0 Å². The summed E-state index contributed by atoms with van der Waals surface area (Å²) in [6, 6.07) is 80.7. The van der Waals surface area contributed by atoms with Crippen LogP contribution in [-0.2, 0) is 0 Å². The molecule has 0 unspecified atom stereocenters. The zero-order chi connectivity index (χ0) is 38.4. The summed E-state index contributed by atoms with van der Waals surface area (Å²) in [5, 5.41) is 6.97. The predicted octanol–water partition coefficient (Wildman–Crippen LogP) is 16.0. The van der Waals surface area contributed by atoms with Crippen LogP contribution in [0.15, 0.2) is 229 Å². The van der Waals surface area contributed by atoms with E-state index in [4.69, 9.17) is 4.42 Å². The first kappa shape index (κ1) is 33.6. The molecule has 0 saturated heterocycles. The second-order valence-electron chi connectivity index (χ2n) is 14.9. The first-order valence-electron chi connectivity index (χ1n) is 19.8. The number of fused-ring (bicyclic) bond motifs is 6. The third-order valence-electron chi connectivity index (χ3n) is 11.5. The average Bonchev–Trinajstić information content (AvgIpc) is 3.70. The van der Waals surface area contributed by atoms with Crippen molar-refractivity contribution >= 4 is 60.5 Å². The second-order valence-corrected chi connectivity index (χ2v) is 14.9. The number of furan rings is 1. The maximum atomic E-state index is 6.68. The Morgan fingerprint density at radius 3 is 1.53 bits per heavy atom. The van der Waals surface area contributed by atoms with Gasteiger partial charge >= 0.3 is 0 Å². The topological polar surface area (TPSA) is 16.4 Å². The van der Waals surface area contributed by atoms with E-state index in [1.54, 1.807) is 0 Å². The van der Waals surface area contributed by atoms with Crippen molar-refractivity contribution in [3.8, 4) is 44.5 Å². The SMILES string of the molecule is c1ccc(-c2ccc(N(c3ccc(-c4ccccc4)cc3)c3ccc(-c4cccc5oc6c7ccccc7ccc6c45)c(-c4ccc5ccccc5c4)c3)cc2)cc1. The van der Waals surface area contributed by atoms with Gasteiger partial charge in [-0.2, -0.15) is 0 Å². The third kappa shape index (κ3) is 5.91. The Labute approximate surface area is 337 Å². The molecule has 10 aromatic carbocycles. The largest absolute Gasteiger partial charge is 0.455 e. The minimum absolute atomic E-state index is 0.885. The van der Waals surface area contributed by atoms with Gasteiger partial charge in [0.25, 0.3) is 0 Å². The molecule has 0 N–H and O–H groups in total. The monoisotopic (exact) mass is 739 g/mol. The third-order valence-corrected chi connectivity index (χ3v) is 11.5. The lowest BCUT2D eigenvalue weighted by atomic mass is 9.90. The summed E-state index contributed by atoms with van der Waals surface area (Å²) in [5.74, 6) is 0. The van der Waals surface area contributed by atoms with E-state index in [0.717, 1.165) is 66.6 Å². The molecule has 0 radical (unpaired) electrons. The number of nitrogens with zero attached hydrogens (tertiary/aromatic N) is 1. The Morgan fingerprint density at radius 1 is 0.293 bits per heavy atom. The van der Waals surface area contributed by atoms with Crippen LogP contribution in [0.5, 0.6) is 0 Å². The molecule has 0 bridgehead atoms. The highest BCUT2D eigenvalue weighted by atomic mass is 16.3. The zero-order valence-corrected chi connectivity index (χ0v) is 31.7. The molecule has 272 valence electrons. The van der Waals surface area contributed by atoms with Gasteiger partial charge in [0.2, 0.25) is 0 Å². The summed E-state index contributed by atoms with van der Waals surface area (Å²) >= 11 is 0. The summed E-state index contributed by atoms with van der Waals surface area (Å²) in [6.07, 6.45) is 0. The Hall–Kier alpha value is -7.68. The maximum Gasteiger partial charge on any atom is 0.143 e. The number of hydrogen-bond donors (Lipinski definition) is 0. The molecule has 58 heavy (non-hydrogen) atoms. The minimum atomic E-state index is 0.885. The molecule has 0 atom stereocenters. The van der Waals surface area contributed by atoms with E-state index in [2.05, 4.69) is 229 Å². The van der Waals surface area contributed by atoms with Gasteiger partial charge in [0.05, 0.1) is 0 Å². The van der Waals surface area contributed by atoms with Crippen LogP contribution in [0.4, 0.5) is 17.1 Å². The van der Waals surface area contributed by atoms with Crippen LogP contribution in [0.1, 0.15) is 0 Å². The van der Waals surface area contributed by atoms with Crippen molar-refractivity contribution in [1.82, 2.24) is 0 Å². The molecule has 0 aliphatic heterocycles. The van der Waals surface area contributed by atoms with Gasteiger partial charge in [0.1, 0.15) is 11.2 Å². The molecular formula is C56H37NO. The van der Waals surface area contributed by atoms with Crippen LogP contribution in [0, 0.1) is 0 Å². The summed E-state index contributed by atoms with van der Waals surface area (Å²) < 4.78 is 6.68. The molecule has 0 aliphatic carbocycles. The number of hydrogen-bond acceptors (Lipinski definition) is 2. The molecule has 0 spiro atoms. The smallest absolute Gasteiger partial charge is 0.143 e. The van der Waals surface area contributed by atoms with Crippen LogP contribution in [0.2, 0.25) is 0 Å². The van der Waals surface area contributed by atoms with Gasteiger partial charge in [-0.15, -0.1) is 0 Å². The Bertz CT molecular complexity index is 3170. The quantitative estimate of drug-likeness (QED) is 0.162. The molecule has 2 nitrogen and oxygen atoms in total. The Morgan fingerprint density at radius 2 is 0.845 bits per heavy atom. The van der Waals surface area contributed by atoms with E-state index in [9.17, 15) is 0 Å². The summed E-state index contributed by atoms with van der Waals surface area (Å²) in [7, 11) is 0. The van der Waals surface area contributed by atoms with Gasteiger partial charge < -0.3 is 9.32 Å². The van der Waals surface area contributed by atoms with Crippen molar-refractivity contribution < 1.29 is 4.42 Å². The second kappa shape index (κ2) is 14.1. The van der Waals surface area contributed by atoms with Crippen LogP contribution in [-0.4, -0.2) is 0 Å². The van der Waals surface area contributed by atoms with Crippen molar-refractivity contribution in [2.45, 2.75) is 0 Å². The molecule has 0 fully saturated rings. The van der Waals surface area contributed by atoms with E-state index in [1.165, 1.54) is 38.4 Å². The predicted molar refractivity (Wildman–Crippen MR) is 245 cm³/mol. The van der Waals surface area contributed by atoms with E-state index in [0.29, 0.717) is 0 Å². The minimum Gasteiger partial charge on any atom is -0.455 e. The fourth-order valence-electron chi connectivity index (χ4n) is 8.59. The highest BCUT2D eigenvalue weighted by molar-refractivity contribution is 6.19. The van der Waals surface area contributed by atoms with Crippen LogP contribution < -0.4 is 4.90 Å². The summed E-state index contributed by atoms with van der Waals surface area (Å²) in [6.45, 7) is 0. The van der Waals surface area contributed by atoms with E-state index in [-0.39, 0.29) is 0 Å². The lowest BCUT2D eigenvalue weighted by molar-refractivity contribution is 0.673. The first-order chi connectivity index (χ1) is 28.7. The van der Waals surface area contributed by atoms with E-state index < -0.39 is 0 Å². The summed E-state index contributed by atoms with van der Waals surface area (Å²) in [5.41, 5.74) is 14.4. The van der Waals surface area contributed by atoms with Crippen molar-refractivity contribution in [2.24, 2.45) is 0 Å². The standard InChI is InChI=1S/C56H37NO/c1-3-12-38(13-4-1)41-24-29-46(30-25-41)57(47-31-26-42(27-32-47)39-14-5-2-6-15-39)48-33-35-50(53(37-48)45-23-22-40-16-7-8-18-44(40)36-45)51-20-11-21-54-55(51)52-34-28-43-17-9-10-19-49(43)56(52)58-54/h1-37H. The maximum absolute atomic E-state index is 6.68. The molecular weight excluding hydrogens is 703 g/mol. The van der Waals surface area contributed by atoms with E-state index in [1.807, 2.05) is 0 Å². The number of rotatable bonds is 7. The van der Waals surface area contributed by atoms with Gasteiger partial charge in [-0.25, -0.2) is 0 Å². The number of benzene rings is 10. The highest BCUT2D eigenvalue weighted by Gasteiger charge is 2.20. The molecule has 11 rings (SSSR count). The molecule has 11 aromatic rings. The molecule has 0 saturated carbocycles. The first-order valence-corrected chi connectivity index (χ1v) is 19.8. The fraction of sp³-hybridized carbons (Fsp3) is 0. The van der Waals surface area contributed by atoms with Gasteiger partial charge in [-0.1, -0.05) is 170 Å². The molecule has 0 aliphatic rings. The Balaban J connectivity index is 1.13. The Kier molecular flexibility index (Phi) is 8.19. The van der Waals surface area contributed by atoms with Crippen LogP contribution in [0.25, 0.3) is 88.0 Å². The normalized spacial score (nSPS) is 11.4. The highest BCUT2D eigenvalue weighted by Crippen LogP contribution is 2.46. The summed E-state index contributed by atoms with van der Waals surface area (Å²) in [4.78, 5) is 2.37. The van der Waals surface area contributed by atoms with Gasteiger partial charge in [-0.05, 0) is 115 Å². The number of anilines is 3. The fourth-order valence-corrected chi connectivity index (χ4v) is 8.59. The lowest BCUT2D eigenvalue weighted by Gasteiger charge is -2.27. The van der Waals surface area contributed by atoms with E-state index >= 15 is 0 Å². The van der Waals surface area contributed by atoms with Crippen molar-refractivity contribution in [3.05, 3.63) is 224 Å². The van der Waals surface area contributed by atoms with Gasteiger partial charge in [-0.3, -0.25) is 0 Å². The molecule has 1 heterocycles.